The average molecular weight is 310 g/mol. The zero-order valence-electron chi connectivity index (χ0n) is 15.1. The Kier molecular flexibility index (Phi) is 4.50. The molecular weight excluding hydrogens is 282 g/mol. The molecule has 0 aliphatic carbocycles. The van der Waals surface area contributed by atoms with E-state index in [2.05, 4.69) is 0 Å². The van der Waals surface area contributed by atoms with E-state index in [1.165, 1.54) is 0 Å². The Morgan fingerprint density at radius 3 is 1.59 bits per heavy atom. The van der Waals surface area contributed by atoms with Gasteiger partial charge in [0.1, 0.15) is 0 Å². The molecule has 2 aliphatic rings. The fourth-order valence-corrected chi connectivity index (χ4v) is 2.19. The van der Waals surface area contributed by atoms with Crippen molar-refractivity contribution in [3.63, 3.8) is 0 Å². The van der Waals surface area contributed by atoms with Crippen LogP contribution in [0.25, 0.3) is 0 Å². The Balaban J connectivity index is 1.79. The molecule has 0 spiro atoms. The van der Waals surface area contributed by atoms with E-state index in [-0.39, 0.29) is 18.3 Å². The molecule has 0 amide bonds. The summed E-state index contributed by atoms with van der Waals surface area (Å²) in [6.45, 7) is 16.1. The van der Waals surface area contributed by atoms with Gasteiger partial charge in [-0.05, 0) is 55.4 Å². The van der Waals surface area contributed by atoms with Crippen LogP contribution in [-0.2, 0) is 23.3 Å². The lowest BCUT2D eigenvalue weighted by Crippen LogP contribution is -2.41. The molecule has 2 heterocycles. The van der Waals surface area contributed by atoms with E-state index in [9.17, 15) is 0 Å². The second-order valence-corrected chi connectivity index (χ2v) is 7.97. The predicted molar refractivity (Wildman–Crippen MR) is 87.2 cm³/mol. The van der Waals surface area contributed by atoms with E-state index in [4.69, 9.17) is 23.3 Å². The SMILES string of the molecule is CC1(C)OB(C/C=C\OB2OC(C)(C)C(C)(C)O2)OC1(C)C. The van der Waals surface area contributed by atoms with Crippen molar-refractivity contribution >= 4 is 14.4 Å². The molecule has 0 aromatic carbocycles. The lowest BCUT2D eigenvalue weighted by molar-refractivity contribution is 0.00578. The fourth-order valence-electron chi connectivity index (χ4n) is 2.19. The van der Waals surface area contributed by atoms with Gasteiger partial charge in [-0.25, -0.2) is 0 Å². The first-order valence-corrected chi connectivity index (χ1v) is 7.88. The van der Waals surface area contributed by atoms with Crippen molar-refractivity contribution in [3.05, 3.63) is 12.3 Å². The number of hydrogen-bond donors (Lipinski definition) is 0. The van der Waals surface area contributed by atoms with E-state index in [1.807, 2.05) is 61.5 Å². The number of rotatable bonds is 4. The molecule has 2 saturated heterocycles. The van der Waals surface area contributed by atoms with Gasteiger partial charge in [0.05, 0.1) is 28.7 Å². The van der Waals surface area contributed by atoms with Crippen molar-refractivity contribution in [2.45, 2.75) is 84.1 Å². The summed E-state index contributed by atoms with van der Waals surface area (Å²) in [4.78, 5) is 0. The quantitative estimate of drug-likeness (QED) is 0.589. The van der Waals surface area contributed by atoms with Crippen molar-refractivity contribution in [1.82, 2.24) is 0 Å². The molecule has 2 fully saturated rings. The van der Waals surface area contributed by atoms with Gasteiger partial charge >= 0.3 is 14.4 Å². The molecule has 124 valence electrons. The Morgan fingerprint density at radius 2 is 1.14 bits per heavy atom. The highest BCUT2D eigenvalue weighted by molar-refractivity contribution is 6.46. The Bertz CT molecular complexity index is 373. The molecule has 2 aliphatic heterocycles. The van der Waals surface area contributed by atoms with Gasteiger partial charge in [-0.15, -0.1) is 0 Å². The van der Waals surface area contributed by atoms with Gasteiger partial charge in [0.2, 0.25) is 0 Å². The minimum absolute atomic E-state index is 0.261. The summed E-state index contributed by atoms with van der Waals surface area (Å²) < 4.78 is 28.8. The van der Waals surface area contributed by atoms with Gasteiger partial charge in [0, 0.05) is 6.32 Å². The van der Waals surface area contributed by atoms with Crippen molar-refractivity contribution in [2.24, 2.45) is 0 Å². The summed E-state index contributed by atoms with van der Waals surface area (Å²) in [6, 6.07) is 0. The molecule has 22 heavy (non-hydrogen) atoms. The van der Waals surface area contributed by atoms with Crippen molar-refractivity contribution in [2.75, 3.05) is 0 Å². The molecule has 7 heteroatoms. The van der Waals surface area contributed by atoms with E-state index in [1.54, 1.807) is 6.26 Å². The first kappa shape index (κ1) is 17.9. The summed E-state index contributed by atoms with van der Waals surface area (Å²) >= 11 is 0. The Morgan fingerprint density at radius 1 is 0.727 bits per heavy atom. The lowest BCUT2D eigenvalue weighted by atomic mass is 9.85. The van der Waals surface area contributed by atoms with Crippen molar-refractivity contribution in [3.8, 4) is 0 Å². The van der Waals surface area contributed by atoms with E-state index >= 15 is 0 Å². The van der Waals surface area contributed by atoms with Crippen LogP contribution in [0.5, 0.6) is 0 Å². The van der Waals surface area contributed by atoms with Crippen LogP contribution in [0.4, 0.5) is 0 Å². The monoisotopic (exact) mass is 310 g/mol. The maximum atomic E-state index is 5.91. The maximum Gasteiger partial charge on any atom is 0.713 e. The molecule has 5 nitrogen and oxygen atoms in total. The predicted octanol–water partition coefficient (Wildman–Crippen LogP) is 3.20. The summed E-state index contributed by atoms with van der Waals surface area (Å²) in [5.74, 6) is 0. The van der Waals surface area contributed by atoms with Gasteiger partial charge in [0.15, 0.2) is 0 Å². The lowest BCUT2D eigenvalue weighted by Gasteiger charge is -2.32. The topological polar surface area (TPSA) is 46.2 Å². The van der Waals surface area contributed by atoms with Crippen LogP contribution >= 0.6 is 0 Å². The van der Waals surface area contributed by atoms with Crippen LogP contribution in [0.15, 0.2) is 12.3 Å². The third-order valence-corrected chi connectivity index (χ3v) is 5.15. The van der Waals surface area contributed by atoms with Gasteiger partial charge in [0.25, 0.3) is 0 Å². The molecule has 0 aromatic heterocycles. The van der Waals surface area contributed by atoms with Crippen molar-refractivity contribution in [1.29, 1.82) is 0 Å². The molecule has 0 radical (unpaired) electrons. The van der Waals surface area contributed by atoms with Crippen LogP contribution in [-0.4, -0.2) is 36.8 Å². The van der Waals surface area contributed by atoms with Crippen LogP contribution in [0, 0.1) is 0 Å². The van der Waals surface area contributed by atoms with Crippen LogP contribution in [0.2, 0.25) is 6.32 Å². The minimum atomic E-state index is -0.681. The first-order chi connectivity index (χ1) is 9.86. The number of allylic oxidation sites excluding steroid dienone is 1. The summed E-state index contributed by atoms with van der Waals surface area (Å²) in [6.07, 6.45) is 4.08. The summed E-state index contributed by atoms with van der Waals surface area (Å²) in [5, 5.41) is 0. The molecule has 0 aromatic rings. The zero-order valence-corrected chi connectivity index (χ0v) is 15.1. The molecule has 0 bridgehead atoms. The van der Waals surface area contributed by atoms with Crippen LogP contribution in [0.3, 0.4) is 0 Å². The highest BCUT2D eigenvalue weighted by Gasteiger charge is 2.54. The highest BCUT2D eigenvalue weighted by Crippen LogP contribution is 2.38. The number of hydrogen-bond acceptors (Lipinski definition) is 5. The largest absolute Gasteiger partial charge is 0.713 e. The highest BCUT2D eigenvalue weighted by atomic mass is 16.8. The molecule has 0 atom stereocenters. The van der Waals surface area contributed by atoms with E-state index in [0.29, 0.717) is 6.32 Å². The fraction of sp³-hybridized carbons (Fsp3) is 0.867. The third kappa shape index (κ3) is 3.37. The maximum absolute atomic E-state index is 5.91. The smallest absolute Gasteiger partial charge is 0.518 e. The second kappa shape index (κ2) is 5.55. The zero-order chi connectivity index (χ0) is 16.8. The second-order valence-electron chi connectivity index (χ2n) is 7.97. The van der Waals surface area contributed by atoms with Gasteiger partial charge in [-0.3, -0.25) is 0 Å². The molecular formula is C15H28B2O5. The Labute approximate surface area is 135 Å². The summed E-state index contributed by atoms with van der Waals surface area (Å²) in [5.41, 5.74) is -1.40. The van der Waals surface area contributed by atoms with Crippen LogP contribution < -0.4 is 0 Å². The van der Waals surface area contributed by atoms with E-state index < -0.39 is 18.5 Å². The average Bonchev–Trinajstić information content (AvgIpc) is 2.64. The van der Waals surface area contributed by atoms with Crippen LogP contribution in [0.1, 0.15) is 55.4 Å². The van der Waals surface area contributed by atoms with Gasteiger partial charge in [-0.1, -0.05) is 6.08 Å². The van der Waals surface area contributed by atoms with Crippen molar-refractivity contribution < 1.29 is 23.3 Å². The molecule has 0 unspecified atom stereocenters. The standard InChI is InChI=1S/C15H28B2O5/c1-12(2)13(3,4)20-16(19-12)10-9-11-18-17-21-14(5,6)15(7,8)22-17/h9,11H,10H2,1-8H3/b11-9-. The summed E-state index contributed by atoms with van der Waals surface area (Å²) in [7, 11) is -0.942. The van der Waals surface area contributed by atoms with E-state index in [0.717, 1.165) is 0 Å². The Hall–Kier alpha value is -0.490. The molecule has 2 rings (SSSR count). The molecule has 0 N–H and O–H groups in total. The van der Waals surface area contributed by atoms with Gasteiger partial charge < -0.3 is 23.3 Å². The van der Waals surface area contributed by atoms with Gasteiger partial charge in [-0.2, -0.15) is 0 Å². The normalized spacial score (nSPS) is 28.5. The molecule has 0 saturated carbocycles. The first-order valence-electron chi connectivity index (χ1n) is 7.88. The minimum Gasteiger partial charge on any atom is -0.518 e. The third-order valence-electron chi connectivity index (χ3n) is 5.15.